The maximum atomic E-state index is 6.00. The average molecular weight is 281 g/mol. The van der Waals surface area contributed by atoms with Crippen molar-refractivity contribution in [2.45, 2.75) is 25.8 Å². The summed E-state index contributed by atoms with van der Waals surface area (Å²) in [5.74, 6) is 0.670. The summed E-state index contributed by atoms with van der Waals surface area (Å²) in [6, 6.07) is 10.8. The average Bonchev–Trinajstić information content (AvgIpc) is 2.40. The van der Waals surface area contributed by atoms with E-state index >= 15 is 0 Å². The van der Waals surface area contributed by atoms with Crippen LogP contribution >= 0.6 is 12.4 Å². The SMILES string of the molecule is CC(N)C1CCCN(C/C=C/c2ccccc2)C1.Cl. The van der Waals surface area contributed by atoms with E-state index < -0.39 is 0 Å². The lowest BCUT2D eigenvalue weighted by atomic mass is 9.92. The maximum absolute atomic E-state index is 6.00. The van der Waals surface area contributed by atoms with Crippen LogP contribution in [0.3, 0.4) is 0 Å². The Labute approximate surface area is 123 Å². The zero-order valence-electron chi connectivity index (χ0n) is 11.7. The minimum atomic E-state index is 0. The van der Waals surface area contributed by atoms with Crippen molar-refractivity contribution in [2.75, 3.05) is 19.6 Å². The monoisotopic (exact) mass is 280 g/mol. The Morgan fingerprint density at radius 1 is 1.37 bits per heavy atom. The zero-order chi connectivity index (χ0) is 12.8. The van der Waals surface area contributed by atoms with Crippen molar-refractivity contribution in [3.63, 3.8) is 0 Å². The molecule has 0 saturated carbocycles. The van der Waals surface area contributed by atoms with E-state index in [4.69, 9.17) is 5.73 Å². The van der Waals surface area contributed by atoms with Crippen LogP contribution in [0, 0.1) is 5.92 Å². The number of benzene rings is 1. The predicted octanol–water partition coefficient (Wildman–Crippen LogP) is 3.18. The van der Waals surface area contributed by atoms with Gasteiger partial charge < -0.3 is 5.73 Å². The van der Waals surface area contributed by atoms with E-state index in [1.807, 2.05) is 0 Å². The summed E-state index contributed by atoms with van der Waals surface area (Å²) in [7, 11) is 0. The Morgan fingerprint density at radius 2 is 2.11 bits per heavy atom. The van der Waals surface area contributed by atoms with Crippen LogP contribution in [-0.2, 0) is 0 Å². The third kappa shape index (κ3) is 5.35. The fraction of sp³-hybridized carbons (Fsp3) is 0.500. The minimum absolute atomic E-state index is 0. The summed E-state index contributed by atoms with van der Waals surface area (Å²) in [6.45, 7) is 5.53. The molecular formula is C16H25ClN2. The molecule has 2 nitrogen and oxygen atoms in total. The molecule has 1 aromatic carbocycles. The third-order valence-electron chi connectivity index (χ3n) is 3.76. The summed E-state index contributed by atoms with van der Waals surface area (Å²) < 4.78 is 0. The van der Waals surface area contributed by atoms with Crippen molar-refractivity contribution in [2.24, 2.45) is 11.7 Å². The van der Waals surface area contributed by atoms with Gasteiger partial charge in [-0.2, -0.15) is 0 Å². The molecule has 2 unspecified atom stereocenters. The van der Waals surface area contributed by atoms with E-state index in [0.717, 1.165) is 13.1 Å². The molecule has 3 heteroatoms. The first-order valence-electron chi connectivity index (χ1n) is 6.95. The maximum Gasteiger partial charge on any atom is 0.0166 e. The Bertz CT molecular complexity index is 376. The Morgan fingerprint density at radius 3 is 2.79 bits per heavy atom. The lowest BCUT2D eigenvalue weighted by molar-refractivity contribution is 0.176. The fourth-order valence-electron chi connectivity index (χ4n) is 2.59. The molecule has 1 fully saturated rings. The van der Waals surface area contributed by atoms with E-state index in [2.05, 4.69) is 54.3 Å². The molecule has 1 aromatic rings. The van der Waals surface area contributed by atoms with Crippen LogP contribution in [0.1, 0.15) is 25.3 Å². The van der Waals surface area contributed by atoms with Crippen molar-refractivity contribution in [3.8, 4) is 0 Å². The first kappa shape index (κ1) is 16.2. The van der Waals surface area contributed by atoms with E-state index in [1.165, 1.54) is 24.9 Å². The predicted molar refractivity (Wildman–Crippen MR) is 85.5 cm³/mol. The molecule has 106 valence electrons. The van der Waals surface area contributed by atoms with Crippen LogP contribution in [0.2, 0.25) is 0 Å². The van der Waals surface area contributed by atoms with E-state index in [0.29, 0.717) is 12.0 Å². The molecule has 1 heterocycles. The molecule has 0 aliphatic carbocycles. The topological polar surface area (TPSA) is 29.3 Å². The number of piperidine rings is 1. The summed E-state index contributed by atoms with van der Waals surface area (Å²) in [6.07, 6.45) is 7.04. The number of likely N-dealkylation sites (tertiary alicyclic amines) is 1. The molecule has 0 radical (unpaired) electrons. The van der Waals surface area contributed by atoms with Crippen LogP contribution < -0.4 is 5.73 Å². The first-order chi connectivity index (χ1) is 8.75. The Kier molecular flexibility index (Phi) is 7.14. The Balaban J connectivity index is 0.00000180. The second-order valence-corrected chi connectivity index (χ2v) is 5.33. The van der Waals surface area contributed by atoms with Gasteiger partial charge in [0.25, 0.3) is 0 Å². The van der Waals surface area contributed by atoms with Crippen LogP contribution in [0.4, 0.5) is 0 Å². The Hall–Kier alpha value is -0.830. The zero-order valence-corrected chi connectivity index (χ0v) is 12.5. The number of halogens is 1. The van der Waals surface area contributed by atoms with Gasteiger partial charge in [-0.25, -0.2) is 0 Å². The fourth-order valence-corrected chi connectivity index (χ4v) is 2.59. The van der Waals surface area contributed by atoms with Crippen molar-refractivity contribution in [1.82, 2.24) is 4.90 Å². The van der Waals surface area contributed by atoms with E-state index in [9.17, 15) is 0 Å². The van der Waals surface area contributed by atoms with Crippen molar-refractivity contribution >= 4 is 18.5 Å². The normalized spacial score (nSPS) is 22.1. The van der Waals surface area contributed by atoms with Crippen molar-refractivity contribution in [3.05, 3.63) is 42.0 Å². The minimum Gasteiger partial charge on any atom is -0.328 e. The molecule has 1 aliphatic rings. The lowest BCUT2D eigenvalue weighted by Crippen LogP contribution is -2.42. The highest BCUT2D eigenvalue weighted by atomic mass is 35.5. The third-order valence-corrected chi connectivity index (χ3v) is 3.76. The highest BCUT2D eigenvalue weighted by Gasteiger charge is 2.21. The molecule has 0 amide bonds. The summed E-state index contributed by atoms with van der Waals surface area (Å²) in [5, 5.41) is 0. The van der Waals surface area contributed by atoms with Gasteiger partial charge in [-0.05, 0) is 37.8 Å². The first-order valence-corrected chi connectivity index (χ1v) is 6.95. The van der Waals surface area contributed by atoms with Gasteiger partial charge in [0.2, 0.25) is 0 Å². The molecule has 0 bridgehead atoms. The van der Waals surface area contributed by atoms with Crippen LogP contribution in [0.25, 0.3) is 6.08 Å². The van der Waals surface area contributed by atoms with Crippen LogP contribution in [0.15, 0.2) is 36.4 Å². The smallest absolute Gasteiger partial charge is 0.0166 e. The standard InChI is InChI=1S/C16H24N2.ClH/c1-14(17)16-10-6-12-18(13-16)11-5-9-15-7-3-2-4-8-15;/h2-5,7-9,14,16H,6,10-13,17H2,1H3;1H/b9-5+;. The number of rotatable bonds is 4. The quantitative estimate of drug-likeness (QED) is 0.918. The summed E-state index contributed by atoms with van der Waals surface area (Å²) >= 11 is 0. The lowest BCUT2D eigenvalue weighted by Gasteiger charge is -2.33. The largest absolute Gasteiger partial charge is 0.328 e. The van der Waals surface area contributed by atoms with Gasteiger partial charge in [0.05, 0.1) is 0 Å². The van der Waals surface area contributed by atoms with Gasteiger partial charge in [0.1, 0.15) is 0 Å². The van der Waals surface area contributed by atoms with Crippen molar-refractivity contribution < 1.29 is 0 Å². The molecule has 1 saturated heterocycles. The number of hydrogen-bond donors (Lipinski definition) is 1. The van der Waals surface area contributed by atoms with Gasteiger partial charge in [0, 0.05) is 19.1 Å². The second kappa shape index (κ2) is 8.36. The molecular weight excluding hydrogens is 256 g/mol. The summed E-state index contributed by atoms with van der Waals surface area (Å²) in [5.41, 5.74) is 7.28. The highest BCUT2D eigenvalue weighted by molar-refractivity contribution is 5.85. The number of hydrogen-bond acceptors (Lipinski definition) is 2. The molecule has 0 aromatic heterocycles. The van der Waals surface area contributed by atoms with Crippen molar-refractivity contribution in [1.29, 1.82) is 0 Å². The second-order valence-electron chi connectivity index (χ2n) is 5.33. The molecule has 2 rings (SSSR count). The van der Waals surface area contributed by atoms with Gasteiger partial charge in [-0.3, -0.25) is 4.90 Å². The number of nitrogens with two attached hydrogens (primary N) is 1. The summed E-state index contributed by atoms with van der Waals surface area (Å²) in [4.78, 5) is 2.51. The van der Waals surface area contributed by atoms with Crippen LogP contribution in [-0.4, -0.2) is 30.6 Å². The number of nitrogens with zero attached hydrogens (tertiary/aromatic N) is 1. The van der Waals surface area contributed by atoms with Crippen LogP contribution in [0.5, 0.6) is 0 Å². The van der Waals surface area contributed by atoms with E-state index in [-0.39, 0.29) is 12.4 Å². The molecule has 0 spiro atoms. The highest BCUT2D eigenvalue weighted by Crippen LogP contribution is 2.18. The molecule has 19 heavy (non-hydrogen) atoms. The molecule has 2 N–H and O–H groups in total. The van der Waals surface area contributed by atoms with Gasteiger partial charge in [0.15, 0.2) is 0 Å². The van der Waals surface area contributed by atoms with Gasteiger partial charge in [-0.1, -0.05) is 42.5 Å². The van der Waals surface area contributed by atoms with E-state index in [1.54, 1.807) is 0 Å². The molecule has 1 aliphatic heterocycles. The van der Waals surface area contributed by atoms with Gasteiger partial charge >= 0.3 is 0 Å². The molecule has 2 atom stereocenters. The van der Waals surface area contributed by atoms with Gasteiger partial charge in [-0.15, -0.1) is 12.4 Å².